The average Bonchev–Trinajstić information content (AvgIpc) is 2.26. The summed E-state index contributed by atoms with van der Waals surface area (Å²) >= 11 is 0. The number of aryl methyl sites for hydroxylation is 1. The molecular formula is C14H22N2O. The lowest BCUT2D eigenvalue weighted by Gasteiger charge is -2.15. The van der Waals surface area contributed by atoms with E-state index in [1.807, 2.05) is 44.2 Å². The van der Waals surface area contributed by atoms with Crippen molar-refractivity contribution in [3.8, 4) is 0 Å². The van der Waals surface area contributed by atoms with Crippen LogP contribution in [0.1, 0.15) is 32.3 Å². The molecule has 2 atom stereocenters. The molecular weight excluding hydrogens is 212 g/mol. The van der Waals surface area contributed by atoms with Crippen molar-refractivity contribution in [1.29, 1.82) is 0 Å². The quantitative estimate of drug-likeness (QED) is 0.789. The van der Waals surface area contributed by atoms with Gasteiger partial charge in [0.05, 0.1) is 0 Å². The number of hydrogen-bond acceptors (Lipinski definition) is 2. The third kappa shape index (κ3) is 6.07. The predicted molar refractivity (Wildman–Crippen MR) is 70.6 cm³/mol. The van der Waals surface area contributed by atoms with Gasteiger partial charge in [-0.25, -0.2) is 0 Å². The number of rotatable bonds is 6. The highest BCUT2D eigenvalue weighted by Crippen LogP contribution is 2.03. The van der Waals surface area contributed by atoms with Crippen LogP contribution < -0.4 is 11.1 Å². The average molecular weight is 234 g/mol. The highest BCUT2D eigenvalue weighted by Gasteiger charge is 2.08. The lowest BCUT2D eigenvalue weighted by Crippen LogP contribution is -2.36. The molecule has 1 aromatic rings. The maximum absolute atomic E-state index is 11.7. The van der Waals surface area contributed by atoms with Crippen LogP contribution in [0, 0.1) is 0 Å². The molecule has 0 heterocycles. The molecule has 17 heavy (non-hydrogen) atoms. The van der Waals surface area contributed by atoms with Gasteiger partial charge in [-0.05, 0) is 32.3 Å². The molecule has 3 nitrogen and oxygen atoms in total. The van der Waals surface area contributed by atoms with Crippen LogP contribution in [0.2, 0.25) is 0 Å². The molecule has 0 saturated carbocycles. The molecule has 0 fully saturated rings. The highest BCUT2D eigenvalue weighted by molar-refractivity contribution is 5.76. The number of benzene rings is 1. The Bertz CT molecular complexity index is 335. The molecule has 94 valence electrons. The van der Waals surface area contributed by atoms with Crippen molar-refractivity contribution in [1.82, 2.24) is 5.32 Å². The second kappa shape index (κ2) is 7.07. The van der Waals surface area contributed by atoms with Gasteiger partial charge in [-0.2, -0.15) is 0 Å². The molecule has 0 spiro atoms. The van der Waals surface area contributed by atoms with E-state index in [0.29, 0.717) is 6.42 Å². The largest absolute Gasteiger partial charge is 0.354 e. The Kier molecular flexibility index (Phi) is 5.70. The van der Waals surface area contributed by atoms with Gasteiger partial charge in [-0.3, -0.25) is 4.79 Å². The maximum atomic E-state index is 11.7. The zero-order chi connectivity index (χ0) is 12.7. The van der Waals surface area contributed by atoms with E-state index in [9.17, 15) is 4.79 Å². The van der Waals surface area contributed by atoms with E-state index >= 15 is 0 Å². The zero-order valence-electron chi connectivity index (χ0n) is 10.6. The second-order valence-electron chi connectivity index (χ2n) is 4.67. The molecule has 3 N–H and O–H groups in total. The summed E-state index contributed by atoms with van der Waals surface area (Å²) < 4.78 is 0. The summed E-state index contributed by atoms with van der Waals surface area (Å²) in [5.41, 5.74) is 6.88. The fraction of sp³-hybridized carbons (Fsp3) is 0.500. The van der Waals surface area contributed by atoms with Crippen LogP contribution in [-0.4, -0.2) is 18.0 Å². The first-order chi connectivity index (χ1) is 8.08. The van der Waals surface area contributed by atoms with Gasteiger partial charge < -0.3 is 11.1 Å². The van der Waals surface area contributed by atoms with Crippen molar-refractivity contribution >= 4 is 5.91 Å². The van der Waals surface area contributed by atoms with Gasteiger partial charge in [0.15, 0.2) is 0 Å². The number of amides is 1. The van der Waals surface area contributed by atoms with Crippen molar-refractivity contribution in [2.75, 3.05) is 0 Å². The van der Waals surface area contributed by atoms with Crippen LogP contribution in [0.5, 0.6) is 0 Å². The second-order valence-corrected chi connectivity index (χ2v) is 4.67. The fourth-order valence-electron chi connectivity index (χ4n) is 1.87. The SMILES string of the molecule is CC(N)CC(C)NC(=O)CCc1ccccc1. The summed E-state index contributed by atoms with van der Waals surface area (Å²) in [5.74, 6) is 0.0991. The number of nitrogens with one attached hydrogen (secondary N) is 1. The molecule has 0 aliphatic rings. The lowest BCUT2D eigenvalue weighted by atomic mass is 10.1. The Balaban J connectivity index is 2.26. The molecule has 0 bridgehead atoms. The fourth-order valence-corrected chi connectivity index (χ4v) is 1.87. The first-order valence-electron chi connectivity index (χ1n) is 6.17. The zero-order valence-corrected chi connectivity index (χ0v) is 10.6. The third-order valence-corrected chi connectivity index (χ3v) is 2.62. The van der Waals surface area contributed by atoms with Crippen LogP contribution >= 0.6 is 0 Å². The van der Waals surface area contributed by atoms with Crippen molar-refractivity contribution < 1.29 is 4.79 Å². The van der Waals surface area contributed by atoms with Gasteiger partial charge >= 0.3 is 0 Å². The molecule has 3 heteroatoms. The standard InChI is InChI=1S/C14H22N2O/c1-11(15)10-12(2)16-14(17)9-8-13-6-4-3-5-7-13/h3-7,11-12H,8-10,15H2,1-2H3,(H,16,17). The summed E-state index contributed by atoms with van der Waals surface area (Å²) in [5, 5.41) is 2.96. The van der Waals surface area contributed by atoms with Crippen molar-refractivity contribution in [3.63, 3.8) is 0 Å². The monoisotopic (exact) mass is 234 g/mol. The van der Waals surface area contributed by atoms with Gasteiger partial charge in [-0.15, -0.1) is 0 Å². The molecule has 0 aromatic heterocycles. The number of carbonyl (C=O) groups excluding carboxylic acids is 1. The van der Waals surface area contributed by atoms with Crippen molar-refractivity contribution in [2.45, 2.75) is 45.2 Å². The molecule has 0 aliphatic heterocycles. The van der Waals surface area contributed by atoms with Crippen molar-refractivity contribution in [3.05, 3.63) is 35.9 Å². The minimum Gasteiger partial charge on any atom is -0.354 e. The smallest absolute Gasteiger partial charge is 0.220 e. The summed E-state index contributed by atoms with van der Waals surface area (Å²) in [6.07, 6.45) is 2.14. The van der Waals surface area contributed by atoms with Gasteiger partial charge in [0.2, 0.25) is 5.91 Å². The highest BCUT2D eigenvalue weighted by atomic mass is 16.1. The van der Waals surface area contributed by atoms with E-state index in [4.69, 9.17) is 5.73 Å². The van der Waals surface area contributed by atoms with Crippen LogP contribution in [0.25, 0.3) is 0 Å². The summed E-state index contributed by atoms with van der Waals surface area (Å²) in [4.78, 5) is 11.7. The first-order valence-corrected chi connectivity index (χ1v) is 6.17. The van der Waals surface area contributed by atoms with Gasteiger partial charge in [0.1, 0.15) is 0 Å². The Hall–Kier alpha value is -1.35. The summed E-state index contributed by atoms with van der Waals surface area (Å²) in [7, 11) is 0. The van der Waals surface area contributed by atoms with Gasteiger partial charge in [0.25, 0.3) is 0 Å². The number of nitrogens with two attached hydrogens (primary N) is 1. The number of carbonyl (C=O) groups is 1. The summed E-state index contributed by atoms with van der Waals surface area (Å²) in [6.45, 7) is 3.94. The molecule has 1 rings (SSSR count). The van der Waals surface area contributed by atoms with Crippen LogP contribution in [0.15, 0.2) is 30.3 Å². The summed E-state index contributed by atoms with van der Waals surface area (Å²) in [6, 6.07) is 10.3. The minimum absolute atomic E-state index is 0.0991. The molecule has 2 unspecified atom stereocenters. The van der Waals surface area contributed by atoms with E-state index in [-0.39, 0.29) is 18.0 Å². The van der Waals surface area contributed by atoms with E-state index < -0.39 is 0 Å². The maximum Gasteiger partial charge on any atom is 0.220 e. The van der Waals surface area contributed by atoms with E-state index in [1.165, 1.54) is 5.56 Å². The Morgan fingerprint density at radius 3 is 2.53 bits per heavy atom. The van der Waals surface area contributed by atoms with Gasteiger partial charge in [0, 0.05) is 18.5 Å². The van der Waals surface area contributed by atoms with Crippen LogP contribution in [0.4, 0.5) is 0 Å². The molecule has 1 aromatic carbocycles. The normalized spacial score (nSPS) is 14.1. The molecule has 1 amide bonds. The topological polar surface area (TPSA) is 55.1 Å². The van der Waals surface area contributed by atoms with Crippen LogP contribution in [0.3, 0.4) is 0 Å². The molecule has 0 radical (unpaired) electrons. The first kappa shape index (κ1) is 13.7. The van der Waals surface area contributed by atoms with E-state index in [1.54, 1.807) is 0 Å². The lowest BCUT2D eigenvalue weighted by molar-refractivity contribution is -0.121. The number of hydrogen-bond donors (Lipinski definition) is 2. The predicted octanol–water partition coefficient (Wildman–Crippen LogP) is 1.86. The van der Waals surface area contributed by atoms with Crippen LogP contribution in [-0.2, 0) is 11.2 Å². The van der Waals surface area contributed by atoms with Gasteiger partial charge in [-0.1, -0.05) is 30.3 Å². The molecule has 0 saturated heterocycles. The Morgan fingerprint density at radius 1 is 1.29 bits per heavy atom. The van der Waals surface area contributed by atoms with E-state index in [0.717, 1.165) is 12.8 Å². The minimum atomic E-state index is 0.0991. The third-order valence-electron chi connectivity index (χ3n) is 2.62. The Morgan fingerprint density at radius 2 is 1.94 bits per heavy atom. The van der Waals surface area contributed by atoms with Crippen molar-refractivity contribution in [2.24, 2.45) is 5.73 Å². The molecule has 0 aliphatic carbocycles. The Labute approximate surface area is 103 Å². The van der Waals surface area contributed by atoms with E-state index in [2.05, 4.69) is 5.32 Å².